The first-order chi connectivity index (χ1) is 8.93. The van der Waals surface area contributed by atoms with Gasteiger partial charge in [-0.2, -0.15) is 0 Å². The average Bonchev–Trinajstić information content (AvgIpc) is 2.79. The number of amides is 1. The van der Waals surface area contributed by atoms with Gasteiger partial charge >= 0.3 is 5.97 Å². The molecule has 0 bridgehead atoms. The molecule has 106 valence electrons. The summed E-state index contributed by atoms with van der Waals surface area (Å²) < 4.78 is 5.36. The number of ether oxygens (including phenoxy) is 1. The van der Waals surface area contributed by atoms with E-state index in [4.69, 9.17) is 11.6 Å². The molecule has 1 heterocycles. The monoisotopic (exact) mass is 304 g/mol. The minimum atomic E-state index is -0.694. The van der Waals surface area contributed by atoms with Crippen molar-refractivity contribution in [2.24, 2.45) is 0 Å². The first kappa shape index (κ1) is 15.9. The van der Waals surface area contributed by atoms with Crippen molar-refractivity contribution in [3.05, 3.63) is 21.3 Å². The van der Waals surface area contributed by atoms with E-state index in [1.807, 2.05) is 19.1 Å². The maximum atomic E-state index is 11.5. The quantitative estimate of drug-likeness (QED) is 0.786. The Bertz CT molecular complexity index is 450. The van der Waals surface area contributed by atoms with Gasteiger partial charge in [-0.05, 0) is 19.1 Å². The molecule has 19 heavy (non-hydrogen) atoms. The van der Waals surface area contributed by atoms with Gasteiger partial charge in [0.1, 0.15) is 6.04 Å². The number of nitrogens with one attached hydrogen (secondary N) is 2. The first-order valence-electron chi connectivity index (χ1n) is 5.77. The van der Waals surface area contributed by atoms with Gasteiger partial charge in [0, 0.05) is 24.4 Å². The number of carbonyl (C=O) groups is 2. The van der Waals surface area contributed by atoms with Crippen LogP contribution in [0.1, 0.15) is 24.8 Å². The predicted molar refractivity (Wildman–Crippen MR) is 75.4 cm³/mol. The van der Waals surface area contributed by atoms with Crippen molar-refractivity contribution in [1.82, 2.24) is 10.6 Å². The molecule has 1 amide bonds. The summed E-state index contributed by atoms with van der Waals surface area (Å²) in [5, 5.41) is 5.71. The van der Waals surface area contributed by atoms with E-state index in [2.05, 4.69) is 15.4 Å². The van der Waals surface area contributed by atoms with E-state index in [1.54, 1.807) is 0 Å². The zero-order chi connectivity index (χ0) is 14.4. The van der Waals surface area contributed by atoms with Crippen LogP contribution in [0.3, 0.4) is 0 Å². The van der Waals surface area contributed by atoms with Gasteiger partial charge in [0.25, 0.3) is 0 Å². The average molecular weight is 305 g/mol. The molecule has 7 heteroatoms. The van der Waals surface area contributed by atoms with Gasteiger partial charge in [-0.3, -0.25) is 4.79 Å². The highest BCUT2D eigenvalue weighted by molar-refractivity contribution is 7.16. The van der Waals surface area contributed by atoms with E-state index in [0.717, 1.165) is 9.21 Å². The smallest absolute Gasteiger partial charge is 0.329 e. The molecule has 2 atom stereocenters. The highest BCUT2D eigenvalue weighted by atomic mass is 35.5. The fourth-order valence-electron chi connectivity index (χ4n) is 1.54. The Balaban J connectivity index is 2.55. The van der Waals surface area contributed by atoms with E-state index in [9.17, 15) is 9.59 Å². The molecule has 0 saturated heterocycles. The van der Waals surface area contributed by atoms with Crippen molar-refractivity contribution >= 4 is 34.8 Å². The molecule has 1 rings (SSSR count). The lowest BCUT2D eigenvalue weighted by molar-refractivity contribution is -0.144. The Morgan fingerprint density at radius 1 is 1.47 bits per heavy atom. The molecule has 0 aromatic carbocycles. The van der Waals surface area contributed by atoms with E-state index >= 15 is 0 Å². The maximum Gasteiger partial charge on any atom is 0.329 e. The standard InChI is InChI=1S/C12H17ClN2O3S/c1-7(10-4-5-11(13)19-10)14-6-9(12(17)18-3)15-8(2)16/h4-5,7,9,14H,6H2,1-3H3,(H,15,16). The van der Waals surface area contributed by atoms with Crippen molar-refractivity contribution in [2.45, 2.75) is 25.9 Å². The van der Waals surface area contributed by atoms with Crippen LogP contribution in [0.5, 0.6) is 0 Å². The lowest BCUT2D eigenvalue weighted by Gasteiger charge is -2.19. The lowest BCUT2D eigenvalue weighted by atomic mass is 10.2. The van der Waals surface area contributed by atoms with Crippen LogP contribution in [0.25, 0.3) is 0 Å². The van der Waals surface area contributed by atoms with Crippen LogP contribution in [0.4, 0.5) is 0 Å². The van der Waals surface area contributed by atoms with E-state index in [0.29, 0.717) is 6.54 Å². The van der Waals surface area contributed by atoms with Gasteiger partial charge in [0.15, 0.2) is 0 Å². The number of thiophene rings is 1. The molecule has 1 aromatic heterocycles. The number of rotatable bonds is 6. The Kier molecular flexibility index (Phi) is 6.27. The number of methoxy groups -OCH3 is 1. The van der Waals surface area contributed by atoms with Crippen molar-refractivity contribution < 1.29 is 14.3 Å². The molecule has 0 spiro atoms. The predicted octanol–water partition coefficient (Wildman–Crippen LogP) is 1.73. The number of halogens is 1. The highest BCUT2D eigenvalue weighted by Crippen LogP contribution is 2.26. The fraction of sp³-hybridized carbons (Fsp3) is 0.500. The van der Waals surface area contributed by atoms with Crippen molar-refractivity contribution in [2.75, 3.05) is 13.7 Å². The molecule has 0 aliphatic rings. The van der Waals surface area contributed by atoms with E-state index in [-0.39, 0.29) is 11.9 Å². The second-order valence-corrected chi connectivity index (χ2v) is 5.79. The SMILES string of the molecule is COC(=O)C(CNC(C)c1ccc(Cl)s1)NC(C)=O. The first-order valence-corrected chi connectivity index (χ1v) is 6.97. The van der Waals surface area contributed by atoms with Gasteiger partial charge in [-0.1, -0.05) is 11.6 Å². The van der Waals surface area contributed by atoms with Gasteiger partial charge in [-0.15, -0.1) is 11.3 Å². The Morgan fingerprint density at radius 2 is 2.16 bits per heavy atom. The van der Waals surface area contributed by atoms with Crippen LogP contribution in [-0.2, 0) is 14.3 Å². The largest absolute Gasteiger partial charge is 0.467 e. The Labute approximate surface area is 121 Å². The van der Waals surface area contributed by atoms with Gasteiger partial charge in [0.2, 0.25) is 5.91 Å². The van der Waals surface area contributed by atoms with Gasteiger partial charge < -0.3 is 15.4 Å². The van der Waals surface area contributed by atoms with Crippen LogP contribution in [0, 0.1) is 0 Å². The third kappa shape index (κ3) is 5.18. The zero-order valence-corrected chi connectivity index (χ0v) is 12.6. The third-order valence-electron chi connectivity index (χ3n) is 2.51. The molecule has 0 fully saturated rings. The van der Waals surface area contributed by atoms with Crippen LogP contribution in [-0.4, -0.2) is 31.6 Å². The van der Waals surface area contributed by atoms with Crippen LogP contribution >= 0.6 is 22.9 Å². The molecular formula is C12H17ClN2O3S. The molecule has 1 aromatic rings. The summed E-state index contributed by atoms with van der Waals surface area (Å²) in [5.74, 6) is -0.747. The third-order valence-corrected chi connectivity index (χ3v) is 3.93. The van der Waals surface area contributed by atoms with Crippen molar-refractivity contribution in [3.63, 3.8) is 0 Å². The second-order valence-electron chi connectivity index (χ2n) is 4.05. The molecule has 2 N–H and O–H groups in total. The number of carbonyl (C=O) groups excluding carboxylic acids is 2. The second kappa shape index (κ2) is 7.47. The molecule has 0 radical (unpaired) electrons. The molecule has 0 aliphatic heterocycles. The Hall–Kier alpha value is -1.11. The molecular weight excluding hydrogens is 288 g/mol. The minimum absolute atomic E-state index is 0.0402. The molecule has 5 nitrogen and oxygen atoms in total. The number of hydrogen-bond acceptors (Lipinski definition) is 5. The molecule has 2 unspecified atom stereocenters. The van der Waals surface area contributed by atoms with E-state index < -0.39 is 12.0 Å². The van der Waals surface area contributed by atoms with Crippen molar-refractivity contribution in [1.29, 1.82) is 0 Å². The van der Waals surface area contributed by atoms with Crippen LogP contribution in [0.15, 0.2) is 12.1 Å². The summed E-state index contributed by atoms with van der Waals surface area (Å²) >= 11 is 7.34. The topological polar surface area (TPSA) is 67.4 Å². The maximum absolute atomic E-state index is 11.5. The van der Waals surface area contributed by atoms with Crippen molar-refractivity contribution in [3.8, 4) is 0 Å². The highest BCUT2D eigenvalue weighted by Gasteiger charge is 2.21. The summed E-state index contributed by atoms with van der Waals surface area (Å²) in [4.78, 5) is 23.6. The summed E-state index contributed by atoms with van der Waals surface area (Å²) in [7, 11) is 1.29. The van der Waals surface area contributed by atoms with Gasteiger partial charge in [0.05, 0.1) is 11.4 Å². The summed E-state index contributed by atoms with van der Waals surface area (Å²) in [6, 6.07) is 3.10. The van der Waals surface area contributed by atoms with Crippen LogP contribution < -0.4 is 10.6 Å². The summed E-state index contributed by atoms with van der Waals surface area (Å²) in [6.45, 7) is 3.62. The van der Waals surface area contributed by atoms with Gasteiger partial charge in [-0.25, -0.2) is 4.79 Å². The van der Waals surface area contributed by atoms with E-state index in [1.165, 1.54) is 25.4 Å². The molecule has 0 aliphatic carbocycles. The van der Waals surface area contributed by atoms with Crippen LogP contribution in [0.2, 0.25) is 4.34 Å². The number of hydrogen-bond donors (Lipinski definition) is 2. The zero-order valence-electron chi connectivity index (χ0n) is 11.0. The minimum Gasteiger partial charge on any atom is -0.467 e. The number of esters is 1. The summed E-state index contributed by atoms with van der Waals surface area (Å²) in [5.41, 5.74) is 0. The summed E-state index contributed by atoms with van der Waals surface area (Å²) in [6.07, 6.45) is 0. The fourth-order valence-corrected chi connectivity index (χ4v) is 2.62. The normalized spacial score (nSPS) is 13.7. The molecule has 0 saturated carbocycles. The Morgan fingerprint density at radius 3 is 2.63 bits per heavy atom. The lowest BCUT2D eigenvalue weighted by Crippen LogP contribution is -2.47.